The van der Waals surface area contributed by atoms with Crippen LogP contribution in [0.15, 0.2) is 28.7 Å². The van der Waals surface area contributed by atoms with Crippen molar-refractivity contribution < 1.29 is 0 Å². The highest BCUT2D eigenvalue weighted by molar-refractivity contribution is 9.10. The summed E-state index contributed by atoms with van der Waals surface area (Å²) in [4.78, 5) is 2.63. The Morgan fingerprint density at radius 2 is 2.00 bits per heavy atom. The van der Waals surface area contributed by atoms with Crippen LogP contribution in [0.3, 0.4) is 0 Å². The third-order valence-corrected chi connectivity index (χ3v) is 4.60. The van der Waals surface area contributed by atoms with Crippen molar-refractivity contribution >= 4 is 27.5 Å². The van der Waals surface area contributed by atoms with Crippen molar-refractivity contribution in [1.29, 1.82) is 0 Å². The molecule has 0 N–H and O–H groups in total. The predicted octanol–water partition coefficient (Wildman–Crippen LogP) is 5.21. The molecule has 1 aliphatic heterocycles. The van der Waals surface area contributed by atoms with Crippen LogP contribution in [0.25, 0.3) is 0 Å². The molecule has 0 bridgehead atoms. The molecule has 1 aromatic carbocycles. The molecule has 0 saturated carbocycles. The number of hydrogen-bond acceptors (Lipinski definition) is 1. The number of alkyl halides is 1. The summed E-state index contributed by atoms with van der Waals surface area (Å²) < 4.78 is 1.15. The molecule has 106 valence electrons. The number of nitrogens with zero attached hydrogens (tertiary/aromatic N) is 1. The van der Waals surface area contributed by atoms with Crippen molar-refractivity contribution in [3.8, 4) is 0 Å². The minimum atomic E-state index is 0.274. The molecule has 1 aliphatic rings. The first-order valence-electron chi connectivity index (χ1n) is 7.27. The lowest BCUT2D eigenvalue weighted by Gasteiger charge is -2.30. The van der Waals surface area contributed by atoms with Gasteiger partial charge in [-0.1, -0.05) is 40.9 Å². The van der Waals surface area contributed by atoms with Gasteiger partial charge in [-0.2, -0.15) is 0 Å². The molecule has 2 rings (SSSR count). The zero-order chi connectivity index (χ0) is 13.7. The van der Waals surface area contributed by atoms with Crippen molar-refractivity contribution in [3.63, 3.8) is 0 Å². The van der Waals surface area contributed by atoms with Gasteiger partial charge in [0.15, 0.2) is 0 Å². The summed E-state index contributed by atoms with van der Waals surface area (Å²) in [6, 6.07) is 9.35. The standard InChI is InChI=1S/C16H23BrClN/c1-13(18)11-16-5-3-2-4-10-19(16)12-14-6-8-15(17)9-7-14/h6-9,13,16H,2-5,10-12H2,1H3. The Balaban J connectivity index is 2.02. The maximum absolute atomic E-state index is 6.22. The number of likely N-dealkylation sites (tertiary alicyclic amines) is 1. The van der Waals surface area contributed by atoms with Gasteiger partial charge in [-0.05, 0) is 50.4 Å². The average molecular weight is 345 g/mol. The second-order valence-electron chi connectivity index (χ2n) is 5.62. The predicted molar refractivity (Wildman–Crippen MR) is 86.7 cm³/mol. The van der Waals surface area contributed by atoms with Crippen LogP contribution in [0.1, 0.15) is 44.6 Å². The fourth-order valence-corrected chi connectivity index (χ4v) is 3.38. The van der Waals surface area contributed by atoms with Crippen molar-refractivity contribution in [2.45, 2.75) is 57.0 Å². The summed E-state index contributed by atoms with van der Waals surface area (Å²) in [5.74, 6) is 0. The first-order valence-corrected chi connectivity index (χ1v) is 8.50. The maximum atomic E-state index is 6.22. The van der Waals surface area contributed by atoms with E-state index in [9.17, 15) is 0 Å². The molecule has 0 spiro atoms. The highest BCUT2D eigenvalue weighted by atomic mass is 79.9. The van der Waals surface area contributed by atoms with Gasteiger partial charge < -0.3 is 0 Å². The Morgan fingerprint density at radius 1 is 1.26 bits per heavy atom. The van der Waals surface area contributed by atoms with Crippen LogP contribution in [0.2, 0.25) is 0 Å². The molecule has 19 heavy (non-hydrogen) atoms. The third-order valence-electron chi connectivity index (χ3n) is 3.89. The van der Waals surface area contributed by atoms with Gasteiger partial charge >= 0.3 is 0 Å². The van der Waals surface area contributed by atoms with E-state index < -0.39 is 0 Å². The molecule has 1 fully saturated rings. The molecule has 1 saturated heterocycles. The van der Waals surface area contributed by atoms with Gasteiger partial charge in [0, 0.05) is 22.4 Å². The summed E-state index contributed by atoms with van der Waals surface area (Å²) >= 11 is 9.72. The lowest BCUT2D eigenvalue weighted by Crippen LogP contribution is -2.35. The second kappa shape index (κ2) is 7.66. The van der Waals surface area contributed by atoms with Gasteiger partial charge in [0.05, 0.1) is 0 Å². The molecule has 1 aromatic rings. The van der Waals surface area contributed by atoms with E-state index >= 15 is 0 Å². The summed E-state index contributed by atoms with van der Waals surface area (Å²) in [7, 11) is 0. The zero-order valence-corrected chi connectivity index (χ0v) is 14.0. The molecule has 0 radical (unpaired) electrons. The van der Waals surface area contributed by atoms with Crippen LogP contribution in [0.4, 0.5) is 0 Å². The van der Waals surface area contributed by atoms with Crippen molar-refractivity contribution in [3.05, 3.63) is 34.3 Å². The average Bonchev–Trinajstić information content (AvgIpc) is 2.58. The first-order chi connectivity index (χ1) is 9.15. The highest BCUT2D eigenvalue weighted by Crippen LogP contribution is 2.24. The molecule has 2 atom stereocenters. The lowest BCUT2D eigenvalue weighted by molar-refractivity contribution is 0.181. The Kier molecular flexibility index (Phi) is 6.18. The van der Waals surface area contributed by atoms with E-state index in [1.54, 1.807) is 0 Å². The lowest BCUT2D eigenvalue weighted by atomic mass is 10.0. The van der Waals surface area contributed by atoms with Crippen molar-refractivity contribution in [2.75, 3.05) is 6.54 Å². The smallest absolute Gasteiger partial charge is 0.0322 e. The molecule has 3 heteroatoms. The Bertz CT molecular complexity index is 377. The van der Waals surface area contributed by atoms with E-state index in [0.717, 1.165) is 17.4 Å². The second-order valence-corrected chi connectivity index (χ2v) is 7.28. The van der Waals surface area contributed by atoms with Gasteiger partial charge in [0.1, 0.15) is 0 Å². The van der Waals surface area contributed by atoms with E-state index in [2.05, 4.69) is 52.0 Å². The van der Waals surface area contributed by atoms with Gasteiger partial charge in [-0.3, -0.25) is 4.90 Å². The number of benzene rings is 1. The van der Waals surface area contributed by atoms with Gasteiger partial charge in [-0.25, -0.2) is 0 Å². The molecule has 0 aromatic heterocycles. The van der Waals surface area contributed by atoms with Gasteiger partial charge in [0.2, 0.25) is 0 Å². The topological polar surface area (TPSA) is 3.24 Å². The van der Waals surface area contributed by atoms with Crippen LogP contribution < -0.4 is 0 Å². The molecule has 0 amide bonds. The van der Waals surface area contributed by atoms with Crippen LogP contribution in [-0.2, 0) is 6.54 Å². The van der Waals surface area contributed by atoms with Crippen molar-refractivity contribution in [1.82, 2.24) is 4.90 Å². The largest absolute Gasteiger partial charge is 0.296 e. The Morgan fingerprint density at radius 3 is 2.68 bits per heavy atom. The van der Waals surface area contributed by atoms with Crippen LogP contribution >= 0.6 is 27.5 Å². The molecule has 1 heterocycles. The maximum Gasteiger partial charge on any atom is 0.0322 e. The number of hydrogen-bond donors (Lipinski definition) is 0. The normalized spacial score (nSPS) is 23.0. The monoisotopic (exact) mass is 343 g/mol. The number of halogens is 2. The Hall–Kier alpha value is -0.0500. The summed E-state index contributed by atoms with van der Waals surface area (Å²) in [6.45, 7) is 4.39. The quantitative estimate of drug-likeness (QED) is 0.678. The molecule has 0 aliphatic carbocycles. The van der Waals surface area contributed by atoms with Gasteiger partial charge in [-0.15, -0.1) is 11.6 Å². The van der Waals surface area contributed by atoms with E-state index in [4.69, 9.17) is 11.6 Å². The third kappa shape index (κ3) is 5.09. The van der Waals surface area contributed by atoms with Crippen LogP contribution in [0, 0.1) is 0 Å². The van der Waals surface area contributed by atoms with E-state index in [1.807, 2.05) is 0 Å². The van der Waals surface area contributed by atoms with E-state index in [0.29, 0.717) is 6.04 Å². The van der Waals surface area contributed by atoms with Crippen LogP contribution in [0.5, 0.6) is 0 Å². The Labute approximate surface area is 130 Å². The van der Waals surface area contributed by atoms with E-state index in [1.165, 1.54) is 37.8 Å². The van der Waals surface area contributed by atoms with Crippen LogP contribution in [-0.4, -0.2) is 22.9 Å². The van der Waals surface area contributed by atoms with Gasteiger partial charge in [0.25, 0.3) is 0 Å². The molecule has 2 unspecified atom stereocenters. The van der Waals surface area contributed by atoms with E-state index in [-0.39, 0.29) is 5.38 Å². The summed E-state index contributed by atoms with van der Waals surface area (Å²) in [6.07, 6.45) is 6.45. The summed E-state index contributed by atoms with van der Waals surface area (Å²) in [5, 5.41) is 0.274. The SMILES string of the molecule is CC(Cl)CC1CCCCCN1Cc1ccc(Br)cc1. The minimum absolute atomic E-state index is 0.274. The fourth-order valence-electron chi connectivity index (χ4n) is 2.91. The molecular formula is C16H23BrClN. The fraction of sp³-hybridized carbons (Fsp3) is 0.625. The minimum Gasteiger partial charge on any atom is -0.296 e. The first kappa shape index (κ1) is 15.3. The summed E-state index contributed by atoms with van der Waals surface area (Å²) in [5.41, 5.74) is 1.40. The van der Waals surface area contributed by atoms with Crippen molar-refractivity contribution in [2.24, 2.45) is 0 Å². The zero-order valence-electron chi connectivity index (χ0n) is 11.6. The highest BCUT2D eigenvalue weighted by Gasteiger charge is 2.22. The molecule has 1 nitrogen and oxygen atoms in total. The number of rotatable bonds is 4. The molecular weight excluding hydrogens is 322 g/mol.